The SMILES string of the molecule is CCOc1cc(NC(=O)c2cc(OC)ccc2OC)c(OCC)cc1[N+]#N. The van der Waals surface area contributed by atoms with E-state index in [-0.39, 0.29) is 5.69 Å². The smallest absolute Gasteiger partial charge is 0.430 e. The van der Waals surface area contributed by atoms with Crippen molar-refractivity contribution in [3.05, 3.63) is 40.9 Å². The van der Waals surface area contributed by atoms with Crippen LogP contribution in [0.5, 0.6) is 23.0 Å². The largest absolute Gasteiger partial charge is 0.497 e. The number of methoxy groups -OCH3 is 2. The molecule has 0 radical (unpaired) electrons. The number of carbonyl (C=O) groups is 1. The van der Waals surface area contributed by atoms with Gasteiger partial charge in [0.05, 0.1) is 44.8 Å². The summed E-state index contributed by atoms with van der Waals surface area (Å²) < 4.78 is 21.5. The molecule has 0 aliphatic heterocycles. The maximum atomic E-state index is 12.8. The van der Waals surface area contributed by atoms with Crippen molar-refractivity contribution in [1.82, 2.24) is 0 Å². The Balaban J connectivity index is 2.44. The standard InChI is InChI=1S/C19H21N3O5/c1-5-26-17-11-15(22-20)18(27-6-2)10-14(17)21-19(23)13-9-12(24-3)7-8-16(13)25-4/h7-11H,5-6H2,1-4H3/p+1. The second-order valence-corrected chi connectivity index (χ2v) is 5.30. The summed E-state index contributed by atoms with van der Waals surface area (Å²) in [5, 5.41) is 12.0. The molecule has 0 spiro atoms. The van der Waals surface area contributed by atoms with Crippen LogP contribution in [-0.2, 0) is 0 Å². The average Bonchev–Trinajstić information content (AvgIpc) is 2.69. The van der Waals surface area contributed by atoms with Crippen LogP contribution >= 0.6 is 0 Å². The molecule has 2 aromatic carbocycles. The van der Waals surface area contributed by atoms with Crippen molar-refractivity contribution in [2.24, 2.45) is 0 Å². The number of rotatable bonds is 8. The van der Waals surface area contributed by atoms with Gasteiger partial charge in [-0.25, -0.2) is 0 Å². The van der Waals surface area contributed by atoms with Crippen LogP contribution in [0.15, 0.2) is 30.3 Å². The van der Waals surface area contributed by atoms with Crippen molar-refractivity contribution in [2.75, 3.05) is 32.8 Å². The zero-order chi connectivity index (χ0) is 19.8. The summed E-state index contributed by atoms with van der Waals surface area (Å²) >= 11 is 0. The highest BCUT2D eigenvalue weighted by atomic mass is 16.5. The number of carbonyl (C=O) groups excluding carboxylic acids is 1. The molecule has 0 saturated carbocycles. The van der Waals surface area contributed by atoms with Gasteiger partial charge >= 0.3 is 5.69 Å². The molecule has 0 aliphatic carbocycles. The summed E-state index contributed by atoms with van der Waals surface area (Å²) in [6, 6.07) is 7.97. The zero-order valence-electron chi connectivity index (χ0n) is 15.7. The molecule has 2 aromatic rings. The monoisotopic (exact) mass is 372 g/mol. The Kier molecular flexibility index (Phi) is 6.83. The Morgan fingerprint density at radius 1 is 1.00 bits per heavy atom. The molecule has 0 aliphatic rings. The molecule has 0 heterocycles. The van der Waals surface area contributed by atoms with Gasteiger partial charge in [-0.3, -0.25) is 4.79 Å². The third-order valence-electron chi connectivity index (χ3n) is 3.67. The molecule has 1 amide bonds. The van der Waals surface area contributed by atoms with Gasteiger partial charge in [-0.2, -0.15) is 0 Å². The molecule has 1 N–H and O–H groups in total. The van der Waals surface area contributed by atoms with Crippen LogP contribution in [0.3, 0.4) is 0 Å². The van der Waals surface area contributed by atoms with E-state index >= 15 is 0 Å². The van der Waals surface area contributed by atoms with E-state index in [1.807, 2.05) is 6.92 Å². The molecule has 27 heavy (non-hydrogen) atoms. The van der Waals surface area contributed by atoms with Crippen molar-refractivity contribution >= 4 is 17.3 Å². The van der Waals surface area contributed by atoms with E-state index in [9.17, 15) is 10.2 Å². The van der Waals surface area contributed by atoms with E-state index in [4.69, 9.17) is 18.9 Å². The predicted molar refractivity (Wildman–Crippen MR) is 101 cm³/mol. The van der Waals surface area contributed by atoms with Crippen LogP contribution in [0.2, 0.25) is 0 Å². The van der Waals surface area contributed by atoms with Crippen LogP contribution in [0.4, 0.5) is 11.4 Å². The number of amides is 1. The molecule has 0 unspecified atom stereocenters. The molecule has 0 fully saturated rings. The zero-order valence-corrected chi connectivity index (χ0v) is 15.7. The van der Waals surface area contributed by atoms with E-state index in [0.29, 0.717) is 47.5 Å². The van der Waals surface area contributed by atoms with Gasteiger partial charge in [0.1, 0.15) is 11.5 Å². The number of benzene rings is 2. The van der Waals surface area contributed by atoms with Crippen LogP contribution in [-0.4, -0.2) is 33.3 Å². The summed E-state index contributed by atoms with van der Waals surface area (Å²) in [7, 11) is 3.00. The lowest BCUT2D eigenvalue weighted by molar-refractivity contribution is 0.102. The summed E-state index contributed by atoms with van der Waals surface area (Å²) in [6.07, 6.45) is 0. The topological polar surface area (TPSA) is 94.2 Å². The summed E-state index contributed by atoms with van der Waals surface area (Å²) in [5.74, 6) is 1.18. The highest BCUT2D eigenvalue weighted by Gasteiger charge is 2.23. The van der Waals surface area contributed by atoms with E-state index < -0.39 is 5.91 Å². The van der Waals surface area contributed by atoms with Gasteiger partial charge in [0, 0.05) is 6.07 Å². The first-order valence-corrected chi connectivity index (χ1v) is 8.40. The first kappa shape index (κ1) is 19.8. The van der Waals surface area contributed by atoms with Crippen LogP contribution in [0, 0.1) is 5.39 Å². The predicted octanol–water partition coefficient (Wildman–Crippen LogP) is 4.24. The molecule has 0 saturated heterocycles. The Bertz CT molecular complexity index is 861. The van der Waals surface area contributed by atoms with Crippen molar-refractivity contribution in [3.63, 3.8) is 0 Å². The van der Waals surface area contributed by atoms with Gasteiger partial charge in [-0.15, -0.1) is 0 Å². The molecule has 8 heteroatoms. The fourth-order valence-corrected chi connectivity index (χ4v) is 2.45. The molecule has 0 atom stereocenters. The minimum Gasteiger partial charge on any atom is -0.497 e. The van der Waals surface area contributed by atoms with Gasteiger partial charge in [0.15, 0.2) is 10.7 Å². The lowest BCUT2D eigenvalue weighted by atomic mass is 10.1. The first-order valence-electron chi connectivity index (χ1n) is 8.40. The fraction of sp³-hybridized carbons (Fsp3) is 0.316. The van der Waals surface area contributed by atoms with Crippen molar-refractivity contribution in [3.8, 4) is 23.0 Å². The van der Waals surface area contributed by atoms with Gasteiger partial charge in [-0.05, 0) is 32.0 Å². The maximum Gasteiger partial charge on any atom is 0.430 e. The minimum absolute atomic E-state index is 0.206. The Labute approximate surface area is 157 Å². The van der Waals surface area contributed by atoms with E-state index in [2.05, 4.69) is 10.3 Å². The molecular weight excluding hydrogens is 350 g/mol. The van der Waals surface area contributed by atoms with E-state index in [1.54, 1.807) is 31.2 Å². The van der Waals surface area contributed by atoms with Gasteiger partial charge in [-0.1, -0.05) is 0 Å². The van der Waals surface area contributed by atoms with Crippen LogP contribution < -0.4 is 24.3 Å². The first-order chi connectivity index (χ1) is 13.1. The third kappa shape index (κ3) is 4.58. The Morgan fingerprint density at radius 2 is 1.70 bits per heavy atom. The molecule has 0 aromatic heterocycles. The van der Waals surface area contributed by atoms with Crippen LogP contribution in [0.1, 0.15) is 24.2 Å². The number of nitrogens with zero attached hydrogens (tertiary/aromatic N) is 2. The Hall–Kier alpha value is -3.47. The van der Waals surface area contributed by atoms with Crippen molar-refractivity contribution in [1.29, 1.82) is 5.39 Å². The second-order valence-electron chi connectivity index (χ2n) is 5.30. The van der Waals surface area contributed by atoms with Crippen molar-refractivity contribution in [2.45, 2.75) is 13.8 Å². The Morgan fingerprint density at radius 3 is 2.30 bits per heavy atom. The van der Waals surface area contributed by atoms with Crippen LogP contribution in [0.25, 0.3) is 4.98 Å². The molecule has 2 rings (SSSR count). The highest BCUT2D eigenvalue weighted by Crippen LogP contribution is 2.39. The second kappa shape index (κ2) is 9.29. The van der Waals surface area contributed by atoms with Crippen molar-refractivity contribution < 1.29 is 23.7 Å². The number of anilines is 1. The summed E-state index contributed by atoms with van der Waals surface area (Å²) in [4.78, 5) is 16.0. The van der Waals surface area contributed by atoms with E-state index in [1.165, 1.54) is 20.3 Å². The summed E-state index contributed by atoms with van der Waals surface area (Å²) in [5.41, 5.74) is 0.882. The highest BCUT2D eigenvalue weighted by molar-refractivity contribution is 6.07. The molecule has 0 bridgehead atoms. The number of hydrogen-bond donors (Lipinski definition) is 1. The number of diazo groups is 1. The number of hydrogen-bond acceptors (Lipinski definition) is 6. The number of ether oxygens (including phenoxy) is 4. The molecular formula is C19H22N3O5+. The lowest BCUT2D eigenvalue weighted by Crippen LogP contribution is -2.14. The molecule has 8 nitrogen and oxygen atoms in total. The summed E-state index contributed by atoms with van der Waals surface area (Å²) in [6.45, 7) is 4.34. The van der Waals surface area contributed by atoms with E-state index in [0.717, 1.165) is 0 Å². The minimum atomic E-state index is -0.414. The maximum absolute atomic E-state index is 12.8. The van der Waals surface area contributed by atoms with Gasteiger partial charge in [0.2, 0.25) is 11.1 Å². The lowest BCUT2D eigenvalue weighted by Gasteiger charge is -2.14. The van der Waals surface area contributed by atoms with Gasteiger partial charge in [0.25, 0.3) is 5.91 Å². The normalized spacial score (nSPS) is 9.89. The van der Waals surface area contributed by atoms with Gasteiger partial charge < -0.3 is 24.3 Å². The fourth-order valence-electron chi connectivity index (χ4n) is 2.45. The molecule has 142 valence electrons. The third-order valence-corrected chi connectivity index (χ3v) is 3.67. The average molecular weight is 372 g/mol. The quantitative estimate of drug-likeness (QED) is 0.697. The number of nitrogens with one attached hydrogen (secondary N) is 1.